The van der Waals surface area contributed by atoms with Gasteiger partial charge in [-0.25, -0.2) is 0 Å². The number of alkyl halides is 6. The lowest BCUT2D eigenvalue weighted by atomic mass is 9.73. The van der Waals surface area contributed by atoms with Crippen molar-refractivity contribution in [2.75, 3.05) is 32.7 Å². The summed E-state index contributed by atoms with van der Waals surface area (Å²) in [5, 5.41) is 10.7. The van der Waals surface area contributed by atoms with Crippen LogP contribution in [-0.2, 0) is 4.79 Å². The number of hydrogen-bond acceptors (Lipinski definition) is 4. The Kier molecular flexibility index (Phi) is 11.3. The molecule has 4 rings (SSSR count). The van der Waals surface area contributed by atoms with Gasteiger partial charge in [0, 0.05) is 25.7 Å². The smallest absolute Gasteiger partial charge is 0.374 e. The average Bonchev–Trinajstić information content (AvgIpc) is 2.93. The van der Waals surface area contributed by atoms with Gasteiger partial charge in [0.2, 0.25) is 5.91 Å². The summed E-state index contributed by atoms with van der Waals surface area (Å²) in [5.74, 6) is -4.90. The van der Waals surface area contributed by atoms with E-state index in [9.17, 15) is 36.2 Å². The first kappa shape index (κ1) is 32.8. The summed E-state index contributed by atoms with van der Waals surface area (Å²) in [6.45, 7) is 5.24. The normalized spacial score (nSPS) is 30.2. The largest absolute Gasteiger partial charge is 0.391 e. The Labute approximate surface area is 241 Å². The summed E-state index contributed by atoms with van der Waals surface area (Å²) in [5.41, 5.74) is 0. The maximum Gasteiger partial charge on any atom is 0.391 e. The molecule has 2 aliphatic carbocycles. The SMILES string of the molecule is CC(O)N(CCC1CC(C(F)(F)F)CC(C(F)(F)F)C1)C(=O)C(C1CCCCC1)N1CCC(N2CCCCC2)CC1. The molecule has 4 unspecified atom stereocenters. The first-order chi connectivity index (χ1) is 19.3. The molecule has 4 atom stereocenters. The molecule has 0 bridgehead atoms. The quantitative estimate of drug-likeness (QED) is 0.253. The lowest BCUT2D eigenvalue weighted by molar-refractivity contribution is -0.229. The van der Waals surface area contributed by atoms with Gasteiger partial charge in [0.1, 0.15) is 6.23 Å². The molecule has 11 heteroatoms. The van der Waals surface area contributed by atoms with E-state index in [-0.39, 0.29) is 37.6 Å². The van der Waals surface area contributed by atoms with E-state index in [4.69, 9.17) is 0 Å². The molecule has 0 spiro atoms. The zero-order valence-corrected chi connectivity index (χ0v) is 24.4. The summed E-state index contributed by atoms with van der Waals surface area (Å²) >= 11 is 0. The molecular formula is C30H49F6N3O2. The van der Waals surface area contributed by atoms with Crippen molar-refractivity contribution in [2.24, 2.45) is 23.7 Å². The molecule has 0 radical (unpaired) electrons. The Hall–Kier alpha value is -1.07. The van der Waals surface area contributed by atoms with Crippen LogP contribution < -0.4 is 0 Å². The lowest BCUT2D eigenvalue weighted by Crippen LogP contribution is -2.58. The predicted molar refractivity (Wildman–Crippen MR) is 145 cm³/mol. The number of halogens is 6. The molecule has 0 aromatic carbocycles. The van der Waals surface area contributed by atoms with E-state index in [1.54, 1.807) is 0 Å². The average molecular weight is 598 g/mol. The molecule has 1 N–H and O–H groups in total. The minimum Gasteiger partial charge on any atom is -0.374 e. The summed E-state index contributed by atoms with van der Waals surface area (Å²) in [7, 11) is 0. The number of rotatable bonds is 8. The van der Waals surface area contributed by atoms with Crippen LogP contribution in [0, 0.1) is 23.7 Å². The van der Waals surface area contributed by atoms with Gasteiger partial charge in [0.25, 0.3) is 0 Å². The highest BCUT2D eigenvalue weighted by atomic mass is 19.4. The van der Waals surface area contributed by atoms with Crippen molar-refractivity contribution < 1.29 is 36.2 Å². The number of aliphatic hydroxyl groups is 1. The molecule has 5 nitrogen and oxygen atoms in total. The Bertz CT molecular complexity index is 796. The van der Waals surface area contributed by atoms with Gasteiger partial charge in [-0.1, -0.05) is 25.7 Å². The molecule has 1 amide bonds. The summed E-state index contributed by atoms with van der Waals surface area (Å²) < 4.78 is 81.1. The van der Waals surface area contributed by atoms with Crippen LogP contribution in [0.1, 0.15) is 96.8 Å². The highest BCUT2D eigenvalue weighted by Crippen LogP contribution is 2.48. The zero-order chi connectivity index (χ0) is 29.8. The standard InChI is InChI=1S/C30H49F6N3O2/c1-21(40)39(17-10-22-18-24(29(31,32)33)20-25(19-22)30(34,35)36)28(41)27(23-8-4-2-5-9-23)38-15-11-26(12-16-38)37-13-6-3-7-14-37/h21-27,40H,2-20H2,1H3. The maximum absolute atomic E-state index is 14.1. The van der Waals surface area contributed by atoms with E-state index in [0.29, 0.717) is 6.04 Å². The van der Waals surface area contributed by atoms with Gasteiger partial charge < -0.3 is 14.9 Å². The number of piperidine rings is 2. The van der Waals surface area contributed by atoms with Crippen LogP contribution in [0.3, 0.4) is 0 Å². The Morgan fingerprint density at radius 2 is 1.34 bits per heavy atom. The van der Waals surface area contributed by atoms with Crippen molar-refractivity contribution >= 4 is 5.91 Å². The minimum atomic E-state index is -4.69. The van der Waals surface area contributed by atoms with Crippen LogP contribution in [0.5, 0.6) is 0 Å². The van der Waals surface area contributed by atoms with Crippen LogP contribution in [-0.4, -0.2) is 89.1 Å². The molecule has 2 saturated heterocycles. The Morgan fingerprint density at radius 3 is 1.85 bits per heavy atom. The van der Waals surface area contributed by atoms with Crippen LogP contribution in [0.4, 0.5) is 26.3 Å². The van der Waals surface area contributed by atoms with Crippen LogP contribution >= 0.6 is 0 Å². The van der Waals surface area contributed by atoms with Crippen LogP contribution in [0.25, 0.3) is 0 Å². The second-order valence-corrected chi connectivity index (χ2v) is 13.2. The van der Waals surface area contributed by atoms with Crippen LogP contribution in [0.2, 0.25) is 0 Å². The molecular weight excluding hydrogens is 548 g/mol. The van der Waals surface area contributed by atoms with Crippen molar-refractivity contribution in [2.45, 2.75) is 127 Å². The topological polar surface area (TPSA) is 47.0 Å². The number of amides is 1. The number of aliphatic hydroxyl groups excluding tert-OH is 1. The third kappa shape index (κ3) is 8.74. The van der Waals surface area contributed by atoms with Gasteiger partial charge in [-0.15, -0.1) is 0 Å². The fourth-order valence-corrected chi connectivity index (χ4v) is 8.10. The fourth-order valence-electron chi connectivity index (χ4n) is 8.10. The number of carbonyl (C=O) groups excluding carboxylic acids is 1. The number of nitrogens with zero attached hydrogens (tertiary/aromatic N) is 3. The zero-order valence-electron chi connectivity index (χ0n) is 24.4. The number of likely N-dealkylation sites (tertiary alicyclic amines) is 2. The van der Waals surface area contributed by atoms with Crippen molar-refractivity contribution in [3.05, 3.63) is 0 Å². The van der Waals surface area contributed by atoms with Crippen molar-refractivity contribution in [3.63, 3.8) is 0 Å². The molecule has 2 aliphatic heterocycles. The van der Waals surface area contributed by atoms with Gasteiger partial charge in [-0.05, 0) is 96.1 Å². The number of hydrogen-bond donors (Lipinski definition) is 1. The van der Waals surface area contributed by atoms with Crippen molar-refractivity contribution in [1.29, 1.82) is 0 Å². The predicted octanol–water partition coefficient (Wildman–Crippen LogP) is 6.60. The van der Waals surface area contributed by atoms with Gasteiger partial charge >= 0.3 is 12.4 Å². The molecule has 0 aromatic heterocycles. The van der Waals surface area contributed by atoms with E-state index in [2.05, 4.69) is 9.80 Å². The molecule has 4 aliphatic rings. The summed E-state index contributed by atoms with van der Waals surface area (Å²) in [6, 6.07) is 0.0976. The summed E-state index contributed by atoms with van der Waals surface area (Å²) in [6.07, 6.45) is -1.49. The minimum absolute atomic E-state index is 0.0181. The molecule has 0 aromatic rings. The second-order valence-electron chi connectivity index (χ2n) is 13.2. The van der Waals surface area contributed by atoms with Gasteiger partial charge in [0.15, 0.2) is 0 Å². The third-order valence-corrected chi connectivity index (χ3v) is 10.4. The van der Waals surface area contributed by atoms with Gasteiger partial charge in [-0.2, -0.15) is 26.3 Å². The maximum atomic E-state index is 14.1. The highest BCUT2D eigenvalue weighted by Gasteiger charge is 2.52. The third-order valence-electron chi connectivity index (χ3n) is 10.4. The van der Waals surface area contributed by atoms with E-state index >= 15 is 0 Å². The first-order valence-electron chi connectivity index (χ1n) is 15.9. The lowest BCUT2D eigenvalue weighted by Gasteiger charge is -2.46. The van der Waals surface area contributed by atoms with E-state index < -0.39 is 48.8 Å². The molecule has 2 saturated carbocycles. The second kappa shape index (κ2) is 14.1. The number of carbonyl (C=O) groups is 1. The van der Waals surface area contributed by atoms with Gasteiger partial charge in [0.05, 0.1) is 17.9 Å². The van der Waals surface area contributed by atoms with Crippen LogP contribution in [0.15, 0.2) is 0 Å². The Morgan fingerprint density at radius 1 is 0.805 bits per heavy atom. The van der Waals surface area contributed by atoms with E-state index in [1.807, 2.05) is 0 Å². The first-order valence-corrected chi connectivity index (χ1v) is 15.9. The van der Waals surface area contributed by atoms with Crippen molar-refractivity contribution in [1.82, 2.24) is 14.7 Å². The molecule has 4 fully saturated rings. The summed E-state index contributed by atoms with van der Waals surface area (Å²) in [4.78, 5) is 20.3. The molecule has 2 heterocycles. The monoisotopic (exact) mass is 597 g/mol. The molecule has 41 heavy (non-hydrogen) atoms. The fraction of sp³-hybridized carbons (Fsp3) is 0.967. The van der Waals surface area contributed by atoms with Crippen molar-refractivity contribution in [3.8, 4) is 0 Å². The van der Waals surface area contributed by atoms with E-state index in [0.717, 1.165) is 71.1 Å². The van der Waals surface area contributed by atoms with E-state index in [1.165, 1.54) is 31.1 Å². The van der Waals surface area contributed by atoms with Gasteiger partial charge in [-0.3, -0.25) is 9.69 Å². The Balaban J connectivity index is 1.44. The molecule has 238 valence electrons. The highest BCUT2D eigenvalue weighted by molar-refractivity contribution is 5.82.